The molecule has 3 atom stereocenters. The van der Waals surface area contributed by atoms with Crippen molar-refractivity contribution in [3.8, 4) is 0 Å². The lowest BCUT2D eigenvalue weighted by molar-refractivity contribution is -0.123. The maximum Gasteiger partial charge on any atom is 0.220 e. The largest absolute Gasteiger partial charge is 0.381 e. The summed E-state index contributed by atoms with van der Waals surface area (Å²) in [5.41, 5.74) is 5.97. The fourth-order valence-corrected chi connectivity index (χ4v) is 3.43. The molecule has 1 aliphatic heterocycles. The van der Waals surface area contributed by atoms with Crippen LogP contribution in [0.1, 0.15) is 51.9 Å². The minimum Gasteiger partial charge on any atom is -0.381 e. The summed E-state index contributed by atoms with van der Waals surface area (Å²) in [6.45, 7) is 3.80. The zero-order valence-corrected chi connectivity index (χ0v) is 12.1. The average Bonchev–Trinajstić information content (AvgIpc) is 2.39. The van der Waals surface area contributed by atoms with Crippen LogP contribution in [0.3, 0.4) is 0 Å². The molecule has 1 amide bonds. The lowest BCUT2D eigenvalue weighted by Crippen LogP contribution is -2.41. The molecular weight excluding hydrogens is 240 g/mol. The van der Waals surface area contributed by atoms with Gasteiger partial charge < -0.3 is 15.8 Å². The standard InChI is InChI=1S/C15H28N2O2/c1-11(13-5-7-19-8-6-13)17-15(18)10-12-3-2-4-14(16)9-12/h11-14H,2-10,16H2,1H3,(H,17,18). The Balaban J connectivity index is 1.70. The van der Waals surface area contributed by atoms with Crippen LogP contribution in [0.5, 0.6) is 0 Å². The first-order valence-corrected chi connectivity index (χ1v) is 7.78. The molecule has 4 heteroatoms. The van der Waals surface area contributed by atoms with Gasteiger partial charge in [0.05, 0.1) is 0 Å². The molecule has 110 valence electrons. The van der Waals surface area contributed by atoms with E-state index in [1.807, 2.05) is 0 Å². The molecule has 2 fully saturated rings. The summed E-state index contributed by atoms with van der Waals surface area (Å²) in [4.78, 5) is 12.1. The van der Waals surface area contributed by atoms with Crippen molar-refractivity contribution in [2.75, 3.05) is 13.2 Å². The van der Waals surface area contributed by atoms with Crippen molar-refractivity contribution in [1.82, 2.24) is 5.32 Å². The van der Waals surface area contributed by atoms with Gasteiger partial charge in [0.15, 0.2) is 0 Å². The number of nitrogens with two attached hydrogens (primary N) is 1. The highest BCUT2D eigenvalue weighted by Gasteiger charge is 2.25. The molecule has 19 heavy (non-hydrogen) atoms. The zero-order chi connectivity index (χ0) is 13.7. The maximum atomic E-state index is 12.1. The number of ether oxygens (including phenoxy) is 1. The highest BCUT2D eigenvalue weighted by atomic mass is 16.5. The molecule has 0 aromatic heterocycles. The molecule has 1 saturated carbocycles. The third-order valence-corrected chi connectivity index (χ3v) is 4.66. The minimum absolute atomic E-state index is 0.207. The van der Waals surface area contributed by atoms with Gasteiger partial charge in [0, 0.05) is 31.7 Å². The Morgan fingerprint density at radius 3 is 2.74 bits per heavy atom. The Morgan fingerprint density at radius 2 is 2.05 bits per heavy atom. The van der Waals surface area contributed by atoms with Gasteiger partial charge in [-0.05, 0) is 50.9 Å². The third kappa shape index (κ3) is 4.77. The maximum absolute atomic E-state index is 12.1. The number of hydrogen-bond acceptors (Lipinski definition) is 3. The van der Waals surface area contributed by atoms with Crippen molar-refractivity contribution < 1.29 is 9.53 Å². The smallest absolute Gasteiger partial charge is 0.220 e. The van der Waals surface area contributed by atoms with Crippen molar-refractivity contribution in [1.29, 1.82) is 0 Å². The SMILES string of the molecule is CC(NC(=O)CC1CCCC(N)C1)C1CCOCC1. The van der Waals surface area contributed by atoms with Crippen LogP contribution >= 0.6 is 0 Å². The van der Waals surface area contributed by atoms with Crippen molar-refractivity contribution in [3.05, 3.63) is 0 Å². The van der Waals surface area contributed by atoms with Crippen LogP contribution in [0.25, 0.3) is 0 Å². The van der Waals surface area contributed by atoms with E-state index in [9.17, 15) is 4.79 Å². The summed E-state index contributed by atoms with van der Waals surface area (Å²) in [7, 11) is 0. The van der Waals surface area contributed by atoms with Gasteiger partial charge in [-0.15, -0.1) is 0 Å². The first kappa shape index (κ1) is 14.8. The second-order valence-corrected chi connectivity index (χ2v) is 6.30. The van der Waals surface area contributed by atoms with Gasteiger partial charge >= 0.3 is 0 Å². The number of hydrogen-bond donors (Lipinski definition) is 2. The van der Waals surface area contributed by atoms with Crippen LogP contribution in [-0.4, -0.2) is 31.2 Å². The van der Waals surface area contributed by atoms with Crippen LogP contribution in [0.2, 0.25) is 0 Å². The van der Waals surface area contributed by atoms with E-state index in [0.717, 1.165) is 45.3 Å². The van der Waals surface area contributed by atoms with Gasteiger partial charge in [-0.1, -0.05) is 6.42 Å². The zero-order valence-electron chi connectivity index (χ0n) is 12.1. The molecule has 0 bridgehead atoms. The van der Waals surface area contributed by atoms with E-state index < -0.39 is 0 Å². The van der Waals surface area contributed by atoms with Gasteiger partial charge in [0.1, 0.15) is 0 Å². The van der Waals surface area contributed by atoms with E-state index in [1.165, 1.54) is 6.42 Å². The van der Waals surface area contributed by atoms with E-state index in [2.05, 4.69) is 12.2 Å². The highest BCUT2D eigenvalue weighted by molar-refractivity contribution is 5.76. The van der Waals surface area contributed by atoms with E-state index >= 15 is 0 Å². The molecule has 2 aliphatic rings. The molecule has 0 aromatic carbocycles. The lowest BCUT2D eigenvalue weighted by Gasteiger charge is -2.30. The second-order valence-electron chi connectivity index (χ2n) is 6.30. The van der Waals surface area contributed by atoms with Crippen LogP contribution in [0, 0.1) is 11.8 Å². The fourth-order valence-electron chi connectivity index (χ4n) is 3.43. The summed E-state index contributed by atoms with van der Waals surface area (Å²) in [5.74, 6) is 1.27. The summed E-state index contributed by atoms with van der Waals surface area (Å²) < 4.78 is 5.36. The Morgan fingerprint density at radius 1 is 1.32 bits per heavy atom. The summed E-state index contributed by atoms with van der Waals surface area (Å²) in [6.07, 6.45) is 7.25. The summed E-state index contributed by atoms with van der Waals surface area (Å²) in [5, 5.41) is 3.18. The van der Waals surface area contributed by atoms with Crippen LogP contribution < -0.4 is 11.1 Å². The predicted molar refractivity (Wildman–Crippen MR) is 75.7 cm³/mol. The number of carbonyl (C=O) groups is 1. The molecule has 0 radical (unpaired) electrons. The molecule has 4 nitrogen and oxygen atoms in total. The molecule has 1 heterocycles. The van der Waals surface area contributed by atoms with Gasteiger partial charge in [-0.2, -0.15) is 0 Å². The summed E-state index contributed by atoms with van der Waals surface area (Å²) >= 11 is 0. The number of carbonyl (C=O) groups excluding carboxylic acids is 1. The van der Waals surface area contributed by atoms with E-state index in [4.69, 9.17) is 10.5 Å². The average molecular weight is 268 g/mol. The van der Waals surface area contributed by atoms with Crippen LogP contribution in [-0.2, 0) is 9.53 Å². The fraction of sp³-hybridized carbons (Fsp3) is 0.933. The molecule has 1 aliphatic carbocycles. The van der Waals surface area contributed by atoms with Crippen molar-refractivity contribution in [2.45, 2.75) is 64.0 Å². The molecule has 0 spiro atoms. The Hall–Kier alpha value is -0.610. The lowest BCUT2D eigenvalue weighted by atomic mass is 9.84. The first-order chi connectivity index (χ1) is 9.15. The van der Waals surface area contributed by atoms with Crippen molar-refractivity contribution >= 4 is 5.91 Å². The molecule has 3 N–H and O–H groups in total. The molecule has 3 unspecified atom stereocenters. The third-order valence-electron chi connectivity index (χ3n) is 4.66. The van der Waals surface area contributed by atoms with Crippen molar-refractivity contribution in [3.63, 3.8) is 0 Å². The van der Waals surface area contributed by atoms with Gasteiger partial charge in [-0.3, -0.25) is 4.79 Å². The monoisotopic (exact) mass is 268 g/mol. The van der Waals surface area contributed by atoms with Crippen molar-refractivity contribution in [2.24, 2.45) is 17.6 Å². The van der Waals surface area contributed by atoms with E-state index in [1.54, 1.807) is 0 Å². The quantitative estimate of drug-likeness (QED) is 0.817. The normalized spacial score (nSPS) is 30.8. The van der Waals surface area contributed by atoms with Crippen LogP contribution in [0.4, 0.5) is 0 Å². The predicted octanol–water partition coefficient (Wildman–Crippen LogP) is 1.83. The number of nitrogens with one attached hydrogen (secondary N) is 1. The van der Waals surface area contributed by atoms with Gasteiger partial charge in [0.2, 0.25) is 5.91 Å². The second kappa shape index (κ2) is 7.25. The Labute approximate surface area is 116 Å². The van der Waals surface area contributed by atoms with Gasteiger partial charge in [0.25, 0.3) is 0 Å². The minimum atomic E-state index is 0.207. The number of amides is 1. The topological polar surface area (TPSA) is 64.4 Å². The Bertz CT molecular complexity index is 290. The molecular formula is C15H28N2O2. The Kier molecular flexibility index (Phi) is 5.64. The van der Waals surface area contributed by atoms with Crippen LogP contribution in [0.15, 0.2) is 0 Å². The van der Waals surface area contributed by atoms with Gasteiger partial charge in [-0.25, -0.2) is 0 Å². The number of rotatable bonds is 4. The molecule has 1 saturated heterocycles. The summed E-state index contributed by atoms with van der Waals surface area (Å²) in [6, 6.07) is 0.577. The molecule has 0 aromatic rings. The molecule has 2 rings (SSSR count). The van der Waals surface area contributed by atoms with E-state index in [-0.39, 0.29) is 11.9 Å². The highest BCUT2D eigenvalue weighted by Crippen LogP contribution is 2.26. The first-order valence-electron chi connectivity index (χ1n) is 7.78. The van der Waals surface area contributed by atoms with E-state index in [0.29, 0.717) is 24.3 Å².